The zero-order chi connectivity index (χ0) is 15.2. The largest absolute Gasteiger partial charge is 0.325 e. The number of anilines is 1. The molecule has 0 radical (unpaired) electrons. The molecule has 21 heavy (non-hydrogen) atoms. The third kappa shape index (κ3) is 2.30. The van der Waals surface area contributed by atoms with Gasteiger partial charge in [-0.15, -0.1) is 0 Å². The van der Waals surface area contributed by atoms with Gasteiger partial charge in [-0.25, -0.2) is 0 Å². The van der Waals surface area contributed by atoms with Crippen molar-refractivity contribution in [2.45, 2.75) is 45.4 Å². The first-order chi connectivity index (χ1) is 9.90. The summed E-state index contributed by atoms with van der Waals surface area (Å²) in [4.78, 5) is 23.0. The number of hydrogen-bond donors (Lipinski definition) is 1. The SMILES string of the molecule is CC1(C)CCCCC1C1C(=O)Nc2ccc([N+](=O)[O-])cc21. The molecule has 1 aliphatic heterocycles. The molecule has 1 saturated carbocycles. The first-order valence-electron chi connectivity index (χ1n) is 7.49. The van der Waals surface area contributed by atoms with Gasteiger partial charge in [0.05, 0.1) is 10.8 Å². The van der Waals surface area contributed by atoms with E-state index in [2.05, 4.69) is 19.2 Å². The molecule has 5 heteroatoms. The highest BCUT2D eigenvalue weighted by Gasteiger charge is 2.45. The lowest BCUT2D eigenvalue weighted by Crippen LogP contribution is -2.35. The molecule has 0 aromatic heterocycles. The number of amides is 1. The number of non-ortho nitro benzene ring substituents is 1. The number of nitrogens with zero attached hydrogens (tertiary/aromatic N) is 1. The topological polar surface area (TPSA) is 72.2 Å². The lowest BCUT2D eigenvalue weighted by molar-refractivity contribution is -0.384. The Morgan fingerprint density at radius 1 is 1.33 bits per heavy atom. The van der Waals surface area contributed by atoms with Gasteiger partial charge in [0.2, 0.25) is 5.91 Å². The molecule has 1 fully saturated rings. The van der Waals surface area contributed by atoms with E-state index in [4.69, 9.17) is 0 Å². The fourth-order valence-corrected chi connectivity index (χ4v) is 3.92. The maximum absolute atomic E-state index is 12.4. The van der Waals surface area contributed by atoms with E-state index < -0.39 is 4.92 Å². The minimum atomic E-state index is -0.397. The van der Waals surface area contributed by atoms with Crippen molar-refractivity contribution in [2.75, 3.05) is 5.32 Å². The highest BCUT2D eigenvalue weighted by atomic mass is 16.6. The summed E-state index contributed by atoms with van der Waals surface area (Å²) < 4.78 is 0. The van der Waals surface area contributed by atoms with E-state index in [1.54, 1.807) is 12.1 Å². The van der Waals surface area contributed by atoms with E-state index in [-0.39, 0.29) is 28.8 Å². The Balaban J connectivity index is 2.03. The molecule has 2 aliphatic rings. The van der Waals surface area contributed by atoms with Crippen molar-refractivity contribution in [3.8, 4) is 0 Å². The molecule has 1 aromatic carbocycles. The van der Waals surface area contributed by atoms with Crippen LogP contribution in [0.5, 0.6) is 0 Å². The van der Waals surface area contributed by atoms with Crippen molar-refractivity contribution in [2.24, 2.45) is 11.3 Å². The summed E-state index contributed by atoms with van der Waals surface area (Å²) in [6.45, 7) is 4.42. The Morgan fingerprint density at radius 2 is 2.10 bits per heavy atom. The Bertz CT molecular complexity index is 610. The van der Waals surface area contributed by atoms with Crippen LogP contribution in [0.4, 0.5) is 11.4 Å². The molecule has 0 bridgehead atoms. The first kappa shape index (κ1) is 14.0. The molecule has 3 rings (SSSR count). The molecule has 1 aliphatic carbocycles. The van der Waals surface area contributed by atoms with Gasteiger partial charge in [-0.3, -0.25) is 14.9 Å². The number of nitro groups is 1. The van der Waals surface area contributed by atoms with Crippen LogP contribution in [0.15, 0.2) is 18.2 Å². The van der Waals surface area contributed by atoms with Gasteiger partial charge in [-0.05, 0) is 35.8 Å². The van der Waals surface area contributed by atoms with Gasteiger partial charge in [0.25, 0.3) is 5.69 Å². The van der Waals surface area contributed by atoms with Gasteiger partial charge in [0.15, 0.2) is 0 Å². The highest BCUT2D eigenvalue weighted by Crippen LogP contribution is 2.51. The number of nitro benzene ring substituents is 1. The zero-order valence-corrected chi connectivity index (χ0v) is 12.4. The quantitative estimate of drug-likeness (QED) is 0.663. The third-order valence-electron chi connectivity index (χ3n) is 5.11. The second kappa shape index (κ2) is 4.83. The molecule has 0 spiro atoms. The van der Waals surface area contributed by atoms with Crippen molar-refractivity contribution in [1.82, 2.24) is 0 Å². The number of nitrogens with one attached hydrogen (secondary N) is 1. The van der Waals surface area contributed by atoms with Crippen LogP contribution < -0.4 is 5.32 Å². The molecule has 1 heterocycles. The monoisotopic (exact) mass is 288 g/mol. The second-order valence-electron chi connectivity index (χ2n) is 6.84. The van der Waals surface area contributed by atoms with E-state index in [1.807, 2.05) is 0 Å². The first-order valence-corrected chi connectivity index (χ1v) is 7.49. The third-order valence-corrected chi connectivity index (χ3v) is 5.11. The molecular weight excluding hydrogens is 268 g/mol. The number of carbonyl (C=O) groups is 1. The number of benzene rings is 1. The average molecular weight is 288 g/mol. The molecule has 112 valence electrons. The summed E-state index contributed by atoms with van der Waals surface area (Å²) in [6, 6.07) is 4.68. The fourth-order valence-electron chi connectivity index (χ4n) is 3.92. The number of fused-ring (bicyclic) bond motifs is 1. The predicted molar refractivity (Wildman–Crippen MR) is 80.2 cm³/mol. The van der Waals surface area contributed by atoms with Gasteiger partial charge in [0, 0.05) is 17.8 Å². The Hall–Kier alpha value is -1.91. The summed E-state index contributed by atoms with van der Waals surface area (Å²) in [7, 11) is 0. The summed E-state index contributed by atoms with van der Waals surface area (Å²) in [5.41, 5.74) is 1.68. The summed E-state index contributed by atoms with van der Waals surface area (Å²) in [5.74, 6) is -0.0184. The van der Waals surface area contributed by atoms with E-state index in [9.17, 15) is 14.9 Å². The molecule has 1 aromatic rings. The van der Waals surface area contributed by atoms with E-state index >= 15 is 0 Å². The number of rotatable bonds is 2. The maximum Gasteiger partial charge on any atom is 0.269 e. The zero-order valence-electron chi connectivity index (χ0n) is 12.4. The van der Waals surface area contributed by atoms with Crippen LogP contribution in [-0.4, -0.2) is 10.8 Å². The summed E-state index contributed by atoms with van der Waals surface area (Å²) >= 11 is 0. The molecule has 5 nitrogen and oxygen atoms in total. The molecule has 1 amide bonds. The van der Waals surface area contributed by atoms with Crippen molar-refractivity contribution >= 4 is 17.3 Å². The normalized spacial score (nSPS) is 27.0. The highest BCUT2D eigenvalue weighted by molar-refractivity contribution is 6.03. The number of carbonyl (C=O) groups excluding carboxylic acids is 1. The van der Waals surface area contributed by atoms with Crippen LogP contribution >= 0.6 is 0 Å². The Kier molecular flexibility index (Phi) is 3.23. The van der Waals surface area contributed by atoms with Crippen LogP contribution in [-0.2, 0) is 4.79 Å². The summed E-state index contributed by atoms with van der Waals surface area (Å²) in [6.07, 6.45) is 4.43. The Morgan fingerprint density at radius 3 is 2.76 bits per heavy atom. The maximum atomic E-state index is 12.4. The van der Waals surface area contributed by atoms with E-state index in [1.165, 1.54) is 12.5 Å². The van der Waals surface area contributed by atoms with Gasteiger partial charge >= 0.3 is 0 Å². The van der Waals surface area contributed by atoms with Gasteiger partial charge in [-0.1, -0.05) is 26.7 Å². The second-order valence-corrected chi connectivity index (χ2v) is 6.84. The van der Waals surface area contributed by atoms with Crippen molar-refractivity contribution < 1.29 is 9.72 Å². The van der Waals surface area contributed by atoms with Crippen LogP contribution in [0.2, 0.25) is 0 Å². The predicted octanol–water partition coefficient (Wildman–Crippen LogP) is 3.85. The molecule has 0 saturated heterocycles. The smallest absolute Gasteiger partial charge is 0.269 e. The van der Waals surface area contributed by atoms with Gasteiger partial charge in [-0.2, -0.15) is 0 Å². The lowest BCUT2D eigenvalue weighted by Gasteiger charge is -2.41. The van der Waals surface area contributed by atoms with Gasteiger partial charge in [0.1, 0.15) is 0 Å². The number of hydrogen-bond acceptors (Lipinski definition) is 3. The van der Waals surface area contributed by atoms with Crippen LogP contribution in [0, 0.1) is 21.4 Å². The molecule has 1 N–H and O–H groups in total. The van der Waals surface area contributed by atoms with Crippen LogP contribution in [0.3, 0.4) is 0 Å². The summed E-state index contributed by atoms with van der Waals surface area (Å²) in [5, 5.41) is 13.9. The minimum absolute atomic E-state index is 0.00882. The van der Waals surface area contributed by atoms with Gasteiger partial charge < -0.3 is 5.32 Å². The molecular formula is C16H20N2O3. The van der Waals surface area contributed by atoms with Crippen molar-refractivity contribution in [1.29, 1.82) is 0 Å². The Labute approximate surface area is 123 Å². The van der Waals surface area contributed by atoms with E-state index in [0.29, 0.717) is 0 Å². The molecule has 2 unspecified atom stereocenters. The molecule has 2 atom stereocenters. The average Bonchev–Trinajstić information content (AvgIpc) is 2.73. The lowest BCUT2D eigenvalue weighted by atomic mass is 9.63. The van der Waals surface area contributed by atoms with Crippen molar-refractivity contribution in [3.63, 3.8) is 0 Å². The van der Waals surface area contributed by atoms with E-state index in [0.717, 1.165) is 30.5 Å². The van der Waals surface area contributed by atoms with Crippen LogP contribution in [0.1, 0.15) is 51.0 Å². The van der Waals surface area contributed by atoms with Crippen molar-refractivity contribution in [3.05, 3.63) is 33.9 Å². The minimum Gasteiger partial charge on any atom is -0.325 e. The van der Waals surface area contributed by atoms with Crippen LogP contribution in [0.25, 0.3) is 0 Å². The standard InChI is InChI=1S/C16H20N2O3/c1-16(2)8-4-3-5-12(16)14-11-9-10(18(20)21)6-7-13(11)17-15(14)19/h6-7,9,12,14H,3-5,8H2,1-2H3,(H,17,19). The fraction of sp³-hybridized carbons (Fsp3) is 0.562.